The third-order valence-corrected chi connectivity index (χ3v) is 4.75. The van der Waals surface area contributed by atoms with E-state index in [0.29, 0.717) is 45.2 Å². The standard InChI is InChI=1S/C20H19Cl2NO5/c1-26-23-18(20(24)25)15-5-3-2-4-13(15)11-27-14-8-16(21)19(17(22)9-14)28-10-12-6-7-12/h2-5,8-9,12H,6-7,10-11H2,1H3,(H,24,25)/b23-18+. The monoisotopic (exact) mass is 423 g/mol. The molecule has 28 heavy (non-hydrogen) atoms. The number of hydrogen-bond donors (Lipinski definition) is 1. The first-order chi connectivity index (χ1) is 13.5. The molecule has 2 aromatic rings. The highest BCUT2D eigenvalue weighted by molar-refractivity contribution is 6.42. The van der Waals surface area contributed by atoms with Crippen LogP contribution in [-0.4, -0.2) is 30.5 Å². The lowest BCUT2D eigenvalue weighted by Crippen LogP contribution is -2.17. The van der Waals surface area contributed by atoms with Gasteiger partial charge < -0.3 is 19.4 Å². The molecule has 0 aromatic heterocycles. The fourth-order valence-corrected chi connectivity index (χ4v) is 3.15. The van der Waals surface area contributed by atoms with Gasteiger partial charge in [0.05, 0.1) is 16.7 Å². The third-order valence-electron chi connectivity index (χ3n) is 4.18. The molecule has 0 heterocycles. The summed E-state index contributed by atoms with van der Waals surface area (Å²) in [5.41, 5.74) is 0.821. The summed E-state index contributed by atoms with van der Waals surface area (Å²) >= 11 is 12.6. The lowest BCUT2D eigenvalue weighted by atomic mass is 10.0. The Morgan fingerprint density at radius 3 is 2.46 bits per heavy atom. The normalized spacial score (nSPS) is 13.9. The maximum absolute atomic E-state index is 11.5. The zero-order valence-corrected chi connectivity index (χ0v) is 16.7. The molecule has 0 amide bonds. The Morgan fingerprint density at radius 1 is 1.18 bits per heavy atom. The first-order valence-corrected chi connectivity index (χ1v) is 9.42. The summed E-state index contributed by atoms with van der Waals surface area (Å²) in [4.78, 5) is 16.1. The van der Waals surface area contributed by atoms with Crippen molar-refractivity contribution in [3.8, 4) is 11.5 Å². The number of carboxylic acids is 1. The molecular weight excluding hydrogens is 405 g/mol. The molecule has 6 nitrogen and oxygen atoms in total. The molecule has 3 rings (SSSR count). The number of aliphatic carboxylic acids is 1. The molecule has 0 unspecified atom stereocenters. The molecule has 0 bridgehead atoms. The zero-order chi connectivity index (χ0) is 20.1. The van der Waals surface area contributed by atoms with Crippen LogP contribution in [0.2, 0.25) is 10.0 Å². The SMILES string of the molecule is CO/N=C(/C(=O)O)c1ccccc1COc1cc(Cl)c(OCC2CC2)c(Cl)c1. The van der Waals surface area contributed by atoms with Gasteiger partial charge in [0.2, 0.25) is 0 Å². The fourth-order valence-electron chi connectivity index (χ4n) is 2.58. The van der Waals surface area contributed by atoms with Crippen LogP contribution in [0.4, 0.5) is 0 Å². The molecule has 0 atom stereocenters. The van der Waals surface area contributed by atoms with Gasteiger partial charge in [-0.15, -0.1) is 0 Å². The topological polar surface area (TPSA) is 77.4 Å². The Kier molecular flexibility index (Phi) is 6.65. The molecule has 2 aromatic carbocycles. The number of hydrogen-bond acceptors (Lipinski definition) is 5. The van der Waals surface area contributed by atoms with Crippen LogP contribution in [0.15, 0.2) is 41.6 Å². The third kappa shape index (κ3) is 5.09. The van der Waals surface area contributed by atoms with Gasteiger partial charge in [-0.25, -0.2) is 4.79 Å². The summed E-state index contributed by atoms with van der Waals surface area (Å²) in [7, 11) is 1.29. The molecule has 1 aliphatic rings. The van der Waals surface area contributed by atoms with Gasteiger partial charge in [0.25, 0.3) is 0 Å². The van der Waals surface area contributed by atoms with Crippen molar-refractivity contribution in [2.75, 3.05) is 13.7 Å². The van der Waals surface area contributed by atoms with Crippen molar-refractivity contribution in [1.29, 1.82) is 0 Å². The Balaban J connectivity index is 1.75. The van der Waals surface area contributed by atoms with E-state index in [0.717, 1.165) is 0 Å². The van der Waals surface area contributed by atoms with Crippen molar-refractivity contribution in [2.45, 2.75) is 19.4 Å². The van der Waals surface area contributed by atoms with Gasteiger partial charge in [-0.3, -0.25) is 0 Å². The number of halogens is 2. The van der Waals surface area contributed by atoms with Crippen LogP contribution in [0.1, 0.15) is 24.0 Å². The van der Waals surface area contributed by atoms with Gasteiger partial charge in [0.15, 0.2) is 11.5 Å². The lowest BCUT2D eigenvalue weighted by molar-refractivity contribution is -0.129. The molecule has 0 spiro atoms. The van der Waals surface area contributed by atoms with Crippen LogP contribution in [0.25, 0.3) is 0 Å². The number of carboxylic acid groups (broad SMARTS) is 1. The summed E-state index contributed by atoms with van der Waals surface area (Å²) in [5, 5.41) is 13.7. The summed E-state index contributed by atoms with van der Waals surface area (Å²) in [6.45, 7) is 0.699. The summed E-state index contributed by atoms with van der Waals surface area (Å²) in [6.07, 6.45) is 2.33. The van der Waals surface area contributed by atoms with Crippen molar-refractivity contribution in [2.24, 2.45) is 11.1 Å². The smallest absolute Gasteiger partial charge is 0.358 e. The number of carbonyl (C=O) groups is 1. The summed E-state index contributed by atoms with van der Waals surface area (Å²) in [6, 6.07) is 10.1. The predicted octanol–water partition coefficient (Wildman–Crippen LogP) is 4.80. The molecule has 8 heteroatoms. The Morgan fingerprint density at radius 2 is 1.86 bits per heavy atom. The van der Waals surface area contributed by atoms with E-state index in [4.69, 9.17) is 32.7 Å². The molecule has 0 saturated heterocycles. The van der Waals surface area contributed by atoms with Crippen molar-refractivity contribution >= 4 is 34.9 Å². The summed E-state index contributed by atoms with van der Waals surface area (Å²) in [5.74, 6) is 0.279. The minimum absolute atomic E-state index is 0.0983. The van der Waals surface area contributed by atoms with Crippen molar-refractivity contribution in [3.63, 3.8) is 0 Å². The van der Waals surface area contributed by atoms with Crippen LogP contribution in [-0.2, 0) is 16.2 Å². The van der Waals surface area contributed by atoms with E-state index < -0.39 is 5.97 Å². The first-order valence-electron chi connectivity index (χ1n) is 8.67. The van der Waals surface area contributed by atoms with E-state index in [9.17, 15) is 9.90 Å². The maximum atomic E-state index is 11.5. The first kappa shape index (κ1) is 20.3. The number of oxime groups is 1. The van der Waals surface area contributed by atoms with Gasteiger partial charge in [-0.05, 0) is 24.3 Å². The highest BCUT2D eigenvalue weighted by Gasteiger charge is 2.23. The number of rotatable bonds is 9. The fraction of sp³-hybridized carbons (Fsp3) is 0.300. The second-order valence-corrected chi connectivity index (χ2v) is 7.16. The minimum Gasteiger partial charge on any atom is -0.490 e. The predicted molar refractivity (Wildman–Crippen MR) is 107 cm³/mol. The van der Waals surface area contributed by atoms with Crippen LogP contribution in [0, 0.1) is 5.92 Å². The highest BCUT2D eigenvalue weighted by atomic mass is 35.5. The second kappa shape index (κ2) is 9.17. The van der Waals surface area contributed by atoms with E-state index >= 15 is 0 Å². The highest BCUT2D eigenvalue weighted by Crippen LogP contribution is 2.39. The quantitative estimate of drug-likeness (QED) is 0.463. The maximum Gasteiger partial charge on any atom is 0.358 e. The van der Waals surface area contributed by atoms with Gasteiger partial charge in [-0.2, -0.15) is 0 Å². The van der Waals surface area contributed by atoms with E-state index in [1.807, 2.05) is 0 Å². The van der Waals surface area contributed by atoms with Gasteiger partial charge >= 0.3 is 5.97 Å². The molecule has 1 aliphatic carbocycles. The molecule has 1 fully saturated rings. The van der Waals surface area contributed by atoms with Gasteiger partial charge in [-0.1, -0.05) is 52.6 Å². The van der Waals surface area contributed by atoms with Crippen LogP contribution >= 0.6 is 23.2 Å². The molecule has 148 valence electrons. The lowest BCUT2D eigenvalue weighted by Gasteiger charge is -2.14. The van der Waals surface area contributed by atoms with E-state index in [1.54, 1.807) is 36.4 Å². The molecule has 1 N–H and O–H groups in total. The van der Waals surface area contributed by atoms with E-state index in [1.165, 1.54) is 20.0 Å². The molecule has 0 aliphatic heterocycles. The van der Waals surface area contributed by atoms with Gasteiger partial charge in [0.1, 0.15) is 19.5 Å². The van der Waals surface area contributed by atoms with Crippen LogP contribution < -0.4 is 9.47 Å². The number of benzene rings is 2. The molecule has 0 radical (unpaired) electrons. The second-order valence-electron chi connectivity index (χ2n) is 6.34. The largest absolute Gasteiger partial charge is 0.490 e. The Bertz CT molecular complexity index is 873. The van der Waals surface area contributed by atoms with Crippen LogP contribution in [0.5, 0.6) is 11.5 Å². The Hall–Kier alpha value is -2.44. The molecular formula is C20H19Cl2NO5. The number of nitrogens with zero attached hydrogens (tertiary/aromatic N) is 1. The van der Waals surface area contributed by atoms with Crippen molar-refractivity contribution < 1.29 is 24.2 Å². The molecule has 1 saturated carbocycles. The zero-order valence-electron chi connectivity index (χ0n) is 15.2. The average molecular weight is 424 g/mol. The Labute approximate surface area is 172 Å². The van der Waals surface area contributed by atoms with Crippen molar-refractivity contribution in [3.05, 3.63) is 57.6 Å². The summed E-state index contributed by atoms with van der Waals surface area (Å²) < 4.78 is 11.5. The van der Waals surface area contributed by atoms with E-state index in [2.05, 4.69) is 9.99 Å². The average Bonchev–Trinajstić information content (AvgIpc) is 3.48. The van der Waals surface area contributed by atoms with Crippen molar-refractivity contribution in [1.82, 2.24) is 0 Å². The van der Waals surface area contributed by atoms with E-state index in [-0.39, 0.29) is 12.3 Å². The minimum atomic E-state index is -1.20. The number of ether oxygens (including phenoxy) is 2. The van der Waals surface area contributed by atoms with Gasteiger partial charge in [0, 0.05) is 17.7 Å². The van der Waals surface area contributed by atoms with Crippen LogP contribution in [0.3, 0.4) is 0 Å².